The van der Waals surface area contributed by atoms with E-state index in [1.54, 1.807) is 29.2 Å². The number of hydrogen-bond donors (Lipinski definition) is 1. The molecule has 30 heavy (non-hydrogen) atoms. The third-order valence-corrected chi connectivity index (χ3v) is 4.95. The van der Waals surface area contributed by atoms with Crippen molar-refractivity contribution in [2.24, 2.45) is 5.92 Å². The van der Waals surface area contributed by atoms with Gasteiger partial charge in [-0.25, -0.2) is 4.68 Å². The highest BCUT2D eigenvalue weighted by atomic mass is 19.4. The molecule has 1 aliphatic heterocycles. The van der Waals surface area contributed by atoms with Crippen molar-refractivity contribution in [2.45, 2.75) is 19.0 Å². The van der Waals surface area contributed by atoms with Gasteiger partial charge in [0.15, 0.2) is 11.6 Å². The molecular formula is C20H19F3N6O. The Hall–Kier alpha value is -3.43. The van der Waals surface area contributed by atoms with Crippen LogP contribution in [-0.4, -0.2) is 39.0 Å². The number of anilines is 2. The maximum atomic E-state index is 12.9. The topological polar surface area (TPSA) is 75.9 Å². The molecule has 10 heteroatoms. The minimum absolute atomic E-state index is 0.135. The number of alkyl halides is 3. The van der Waals surface area contributed by atoms with Gasteiger partial charge in [0.05, 0.1) is 11.5 Å². The van der Waals surface area contributed by atoms with Crippen LogP contribution >= 0.6 is 0 Å². The minimum Gasteiger partial charge on any atom is -0.354 e. The summed E-state index contributed by atoms with van der Waals surface area (Å²) in [5, 5.41) is 15.1. The monoisotopic (exact) mass is 416 g/mol. The van der Waals surface area contributed by atoms with Gasteiger partial charge in [-0.3, -0.25) is 4.79 Å². The third kappa shape index (κ3) is 4.42. The first kappa shape index (κ1) is 19.9. The van der Waals surface area contributed by atoms with Crippen LogP contribution in [0.25, 0.3) is 5.82 Å². The smallest absolute Gasteiger partial charge is 0.354 e. The van der Waals surface area contributed by atoms with E-state index in [0.717, 1.165) is 25.1 Å². The van der Waals surface area contributed by atoms with Crippen molar-refractivity contribution in [3.63, 3.8) is 0 Å². The molecule has 3 aromatic rings. The lowest BCUT2D eigenvalue weighted by molar-refractivity contribution is -0.137. The summed E-state index contributed by atoms with van der Waals surface area (Å²) >= 11 is 0. The van der Waals surface area contributed by atoms with Crippen LogP contribution in [0.1, 0.15) is 18.4 Å². The Morgan fingerprint density at radius 1 is 1.10 bits per heavy atom. The highest BCUT2D eigenvalue weighted by Crippen LogP contribution is 2.31. The molecule has 156 valence electrons. The van der Waals surface area contributed by atoms with E-state index in [0.29, 0.717) is 24.6 Å². The Morgan fingerprint density at radius 3 is 2.60 bits per heavy atom. The largest absolute Gasteiger partial charge is 0.416 e. The molecule has 0 aliphatic carbocycles. The van der Waals surface area contributed by atoms with E-state index in [1.165, 1.54) is 12.1 Å². The van der Waals surface area contributed by atoms with Crippen LogP contribution in [0.15, 0.2) is 54.9 Å². The van der Waals surface area contributed by atoms with Gasteiger partial charge in [-0.15, -0.1) is 10.2 Å². The van der Waals surface area contributed by atoms with E-state index in [4.69, 9.17) is 0 Å². The van der Waals surface area contributed by atoms with Crippen LogP contribution in [0.2, 0.25) is 0 Å². The zero-order valence-corrected chi connectivity index (χ0v) is 15.9. The molecule has 1 aromatic carbocycles. The van der Waals surface area contributed by atoms with Gasteiger partial charge in [-0.05, 0) is 49.2 Å². The van der Waals surface area contributed by atoms with Gasteiger partial charge in [0.1, 0.15) is 0 Å². The van der Waals surface area contributed by atoms with E-state index >= 15 is 0 Å². The standard InChI is InChI=1S/C20H19F3N6O/c21-20(22,23)15-5-1-6-16(12-15)25-19(30)14-4-2-10-28(13-14)17-7-8-18(27-26-17)29-11-3-9-24-29/h1,3,5-9,11-12,14H,2,4,10,13H2,(H,25,30)/t14-/m1/s1. The highest BCUT2D eigenvalue weighted by Gasteiger charge is 2.31. The van der Waals surface area contributed by atoms with Crippen molar-refractivity contribution in [2.75, 3.05) is 23.3 Å². The van der Waals surface area contributed by atoms with E-state index in [9.17, 15) is 18.0 Å². The quantitative estimate of drug-likeness (QED) is 0.704. The molecule has 0 spiro atoms. The van der Waals surface area contributed by atoms with Gasteiger partial charge in [0, 0.05) is 31.2 Å². The average Bonchev–Trinajstić information content (AvgIpc) is 3.28. The lowest BCUT2D eigenvalue weighted by Crippen LogP contribution is -2.41. The van der Waals surface area contributed by atoms with Crippen molar-refractivity contribution in [3.8, 4) is 5.82 Å². The summed E-state index contributed by atoms with van der Waals surface area (Å²) in [6.45, 7) is 1.14. The summed E-state index contributed by atoms with van der Waals surface area (Å²) in [6.07, 6.45) is 0.374. The molecule has 2 aromatic heterocycles. The van der Waals surface area contributed by atoms with E-state index in [-0.39, 0.29) is 17.5 Å². The van der Waals surface area contributed by atoms with Crippen molar-refractivity contribution in [1.29, 1.82) is 0 Å². The van der Waals surface area contributed by atoms with E-state index in [1.807, 2.05) is 11.0 Å². The highest BCUT2D eigenvalue weighted by molar-refractivity contribution is 5.93. The maximum Gasteiger partial charge on any atom is 0.416 e. The number of benzene rings is 1. The Morgan fingerprint density at radius 2 is 1.90 bits per heavy atom. The molecule has 0 bridgehead atoms. The van der Waals surface area contributed by atoms with Crippen molar-refractivity contribution < 1.29 is 18.0 Å². The fourth-order valence-electron chi connectivity index (χ4n) is 3.43. The predicted octanol–water partition coefficient (Wildman–Crippen LogP) is 3.54. The molecule has 1 N–H and O–H groups in total. The van der Waals surface area contributed by atoms with Gasteiger partial charge in [-0.2, -0.15) is 18.3 Å². The minimum atomic E-state index is -4.45. The number of carbonyl (C=O) groups is 1. The zero-order valence-electron chi connectivity index (χ0n) is 15.9. The van der Waals surface area contributed by atoms with Crippen LogP contribution < -0.4 is 10.2 Å². The fraction of sp³-hybridized carbons (Fsp3) is 0.300. The Bertz CT molecular complexity index is 1000. The SMILES string of the molecule is O=C(Nc1cccc(C(F)(F)F)c1)[C@@H]1CCCN(c2ccc(-n3cccn3)nn2)C1. The van der Waals surface area contributed by atoms with E-state index < -0.39 is 11.7 Å². The first-order valence-electron chi connectivity index (χ1n) is 9.47. The maximum absolute atomic E-state index is 12.9. The van der Waals surface area contributed by atoms with Gasteiger partial charge >= 0.3 is 6.18 Å². The number of hydrogen-bond acceptors (Lipinski definition) is 5. The molecule has 7 nitrogen and oxygen atoms in total. The summed E-state index contributed by atoms with van der Waals surface area (Å²) in [7, 11) is 0. The van der Waals surface area contributed by atoms with Gasteiger partial charge in [0.2, 0.25) is 5.91 Å². The van der Waals surface area contributed by atoms with Gasteiger partial charge in [0.25, 0.3) is 0 Å². The summed E-state index contributed by atoms with van der Waals surface area (Å²) in [6, 6.07) is 10.0. The first-order valence-corrected chi connectivity index (χ1v) is 9.47. The van der Waals surface area contributed by atoms with Crippen molar-refractivity contribution in [1.82, 2.24) is 20.0 Å². The second-order valence-electron chi connectivity index (χ2n) is 7.05. The predicted molar refractivity (Wildman–Crippen MR) is 104 cm³/mol. The van der Waals surface area contributed by atoms with E-state index in [2.05, 4.69) is 20.6 Å². The van der Waals surface area contributed by atoms with Crippen LogP contribution in [0.3, 0.4) is 0 Å². The number of carbonyl (C=O) groups excluding carboxylic acids is 1. The normalized spacial score (nSPS) is 17.0. The number of amides is 1. The second-order valence-corrected chi connectivity index (χ2v) is 7.05. The summed E-state index contributed by atoms with van der Waals surface area (Å²) in [4.78, 5) is 14.6. The van der Waals surface area contributed by atoms with Crippen molar-refractivity contribution in [3.05, 3.63) is 60.4 Å². The molecule has 1 atom stereocenters. The first-order chi connectivity index (χ1) is 14.4. The molecule has 1 aliphatic rings. The Balaban J connectivity index is 1.42. The van der Waals surface area contributed by atoms with Crippen LogP contribution in [0.4, 0.5) is 24.7 Å². The molecule has 1 amide bonds. The van der Waals surface area contributed by atoms with Crippen molar-refractivity contribution >= 4 is 17.4 Å². The summed E-state index contributed by atoms with van der Waals surface area (Å²) in [5.74, 6) is 0.558. The molecule has 3 heterocycles. The van der Waals surface area contributed by atoms with Gasteiger partial charge in [-0.1, -0.05) is 6.07 Å². The number of nitrogens with one attached hydrogen (secondary N) is 1. The van der Waals surface area contributed by atoms with Gasteiger partial charge < -0.3 is 10.2 Å². The second kappa shape index (κ2) is 8.13. The number of rotatable bonds is 4. The third-order valence-electron chi connectivity index (χ3n) is 4.95. The Labute approximate surface area is 170 Å². The summed E-state index contributed by atoms with van der Waals surface area (Å²) in [5.41, 5.74) is -0.659. The molecule has 0 unspecified atom stereocenters. The zero-order chi connectivity index (χ0) is 21.1. The number of nitrogens with zero attached hydrogens (tertiary/aromatic N) is 5. The molecule has 0 radical (unpaired) electrons. The van der Waals surface area contributed by atoms with Crippen LogP contribution in [-0.2, 0) is 11.0 Å². The van der Waals surface area contributed by atoms with Crippen LogP contribution in [0, 0.1) is 5.92 Å². The molecule has 0 saturated carbocycles. The van der Waals surface area contributed by atoms with Crippen LogP contribution in [0.5, 0.6) is 0 Å². The molecular weight excluding hydrogens is 397 g/mol. The number of piperidine rings is 1. The number of halogens is 3. The summed E-state index contributed by atoms with van der Waals surface area (Å²) < 4.78 is 40.2. The molecule has 1 fully saturated rings. The fourth-order valence-corrected chi connectivity index (χ4v) is 3.43. The molecule has 1 saturated heterocycles. The Kier molecular flexibility index (Phi) is 5.39. The molecule has 4 rings (SSSR count). The number of aromatic nitrogens is 4. The lowest BCUT2D eigenvalue weighted by Gasteiger charge is -2.32. The average molecular weight is 416 g/mol. The lowest BCUT2D eigenvalue weighted by atomic mass is 9.97.